The van der Waals surface area contributed by atoms with E-state index in [0.717, 1.165) is 5.56 Å². The van der Waals surface area contributed by atoms with Crippen LogP contribution in [0.3, 0.4) is 0 Å². The normalized spacial score (nSPS) is 13.7. The van der Waals surface area contributed by atoms with Crippen LogP contribution in [0.4, 0.5) is 16.2 Å². The highest BCUT2D eigenvalue weighted by molar-refractivity contribution is 6.09. The molecule has 2 aromatic carbocycles. The van der Waals surface area contributed by atoms with Gasteiger partial charge in [0, 0.05) is 0 Å². The van der Waals surface area contributed by atoms with Gasteiger partial charge in [0.25, 0.3) is 0 Å². The molecule has 2 N–H and O–H groups in total. The van der Waals surface area contributed by atoms with Gasteiger partial charge in [-0.25, -0.2) is 4.79 Å². The molecule has 1 atom stereocenters. The molecule has 0 aromatic heterocycles. The SMILES string of the molecule is CC(NC(=O)N1CC(=O)Nc2ccccc21)c1ccccc1.CCC. The highest BCUT2D eigenvalue weighted by Gasteiger charge is 2.27. The first-order chi connectivity index (χ1) is 12.1. The Morgan fingerprint density at radius 2 is 1.72 bits per heavy atom. The molecular formula is C20H25N3O2. The van der Waals surface area contributed by atoms with Gasteiger partial charge in [0.15, 0.2) is 0 Å². The summed E-state index contributed by atoms with van der Waals surface area (Å²) >= 11 is 0. The van der Waals surface area contributed by atoms with Crippen molar-refractivity contribution in [3.05, 3.63) is 60.2 Å². The number of rotatable bonds is 2. The number of anilines is 2. The van der Waals surface area contributed by atoms with Crippen molar-refractivity contribution < 1.29 is 9.59 Å². The third kappa shape index (κ3) is 4.83. The molecule has 3 rings (SSSR count). The van der Waals surface area contributed by atoms with E-state index < -0.39 is 0 Å². The van der Waals surface area contributed by atoms with Crippen LogP contribution in [0.15, 0.2) is 54.6 Å². The maximum Gasteiger partial charge on any atom is 0.322 e. The Labute approximate surface area is 149 Å². The minimum absolute atomic E-state index is 0.0182. The molecule has 0 saturated heterocycles. The molecule has 132 valence electrons. The van der Waals surface area contributed by atoms with Crippen LogP contribution in [0, 0.1) is 0 Å². The van der Waals surface area contributed by atoms with Gasteiger partial charge in [-0.2, -0.15) is 0 Å². The molecule has 5 heteroatoms. The van der Waals surface area contributed by atoms with E-state index in [1.54, 1.807) is 6.07 Å². The molecule has 1 aliphatic heterocycles. The minimum Gasteiger partial charge on any atom is -0.331 e. The Kier molecular flexibility index (Phi) is 6.57. The van der Waals surface area contributed by atoms with Gasteiger partial charge in [-0.05, 0) is 24.6 Å². The molecule has 0 radical (unpaired) electrons. The number of nitrogens with zero attached hydrogens (tertiary/aromatic N) is 1. The summed E-state index contributed by atoms with van der Waals surface area (Å²) in [6.07, 6.45) is 1.25. The second kappa shape index (κ2) is 8.87. The molecule has 2 aromatic rings. The van der Waals surface area contributed by atoms with Crippen LogP contribution in [0.2, 0.25) is 0 Å². The van der Waals surface area contributed by atoms with E-state index in [4.69, 9.17) is 0 Å². The van der Waals surface area contributed by atoms with Crippen molar-refractivity contribution >= 4 is 23.3 Å². The van der Waals surface area contributed by atoms with Gasteiger partial charge in [0.1, 0.15) is 6.54 Å². The highest BCUT2D eigenvalue weighted by Crippen LogP contribution is 2.29. The smallest absolute Gasteiger partial charge is 0.322 e. The Balaban J connectivity index is 0.000000701. The molecule has 1 aliphatic rings. The fourth-order valence-electron chi connectivity index (χ4n) is 2.50. The minimum atomic E-state index is -0.279. The van der Waals surface area contributed by atoms with Crippen molar-refractivity contribution in [1.82, 2.24) is 5.32 Å². The third-order valence-corrected chi connectivity index (χ3v) is 3.66. The van der Waals surface area contributed by atoms with Crippen molar-refractivity contribution in [2.24, 2.45) is 0 Å². The predicted octanol–water partition coefficient (Wildman–Crippen LogP) is 4.33. The number of fused-ring (bicyclic) bond motifs is 1. The lowest BCUT2D eigenvalue weighted by Gasteiger charge is -2.30. The van der Waals surface area contributed by atoms with E-state index in [1.165, 1.54) is 11.3 Å². The molecule has 1 heterocycles. The number of urea groups is 1. The second-order valence-electron chi connectivity index (χ2n) is 5.94. The molecule has 0 fully saturated rings. The quantitative estimate of drug-likeness (QED) is 0.855. The lowest BCUT2D eigenvalue weighted by molar-refractivity contribution is -0.115. The number of para-hydroxylation sites is 2. The average Bonchev–Trinajstić information content (AvgIpc) is 2.62. The summed E-state index contributed by atoms with van der Waals surface area (Å²) in [6, 6.07) is 16.6. The van der Waals surface area contributed by atoms with Crippen LogP contribution < -0.4 is 15.5 Å². The van der Waals surface area contributed by atoms with Gasteiger partial charge in [0.2, 0.25) is 5.91 Å². The van der Waals surface area contributed by atoms with Gasteiger partial charge in [-0.1, -0.05) is 62.7 Å². The summed E-state index contributed by atoms with van der Waals surface area (Å²) in [5.74, 6) is -0.193. The first-order valence-corrected chi connectivity index (χ1v) is 8.58. The monoisotopic (exact) mass is 339 g/mol. The van der Waals surface area contributed by atoms with Crippen LogP contribution >= 0.6 is 0 Å². The molecule has 0 saturated carbocycles. The number of hydrogen-bond acceptors (Lipinski definition) is 2. The average molecular weight is 339 g/mol. The third-order valence-electron chi connectivity index (χ3n) is 3.66. The van der Waals surface area contributed by atoms with Crippen molar-refractivity contribution in [2.75, 3.05) is 16.8 Å². The second-order valence-corrected chi connectivity index (χ2v) is 5.94. The van der Waals surface area contributed by atoms with Gasteiger partial charge in [0.05, 0.1) is 17.4 Å². The zero-order valence-electron chi connectivity index (χ0n) is 15.0. The largest absolute Gasteiger partial charge is 0.331 e. The maximum absolute atomic E-state index is 12.5. The van der Waals surface area contributed by atoms with Gasteiger partial charge in [-0.15, -0.1) is 0 Å². The number of carbonyl (C=O) groups is 2. The van der Waals surface area contributed by atoms with Gasteiger partial charge >= 0.3 is 6.03 Å². The number of carbonyl (C=O) groups excluding carboxylic acids is 2. The molecule has 0 spiro atoms. The van der Waals surface area contributed by atoms with Crippen molar-refractivity contribution in [3.8, 4) is 0 Å². The molecule has 0 aliphatic carbocycles. The Hall–Kier alpha value is -2.82. The Morgan fingerprint density at radius 3 is 2.40 bits per heavy atom. The fraction of sp³-hybridized carbons (Fsp3) is 0.300. The Bertz CT molecular complexity index is 716. The van der Waals surface area contributed by atoms with Crippen LogP contribution in [-0.4, -0.2) is 18.5 Å². The van der Waals surface area contributed by atoms with E-state index in [9.17, 15) is 9.59 Å². The molecule has 3 amide bonds. The molecule has 5 nitrogen and oxygen atoms in total. The lowest BCUT2D eigenvalue weighted by Crippen LogP contribution is -2.47. The summed E-state index contributed by atoms with van der Waals surface area (Å²) in [7, 11) is 0. The zero-order valence-corrected chi connectivity index (χ0v) is 15.0. The van der Waals surface area contributed by atoms with Gasteiger partial charge in [-0.3, -0.25) is 9.69 Å². The maximum atomic E-state index is 12.5. The summed E-state index contributed by atoms with van der Waals surface area (Å²) in [5, 5.41) is 5.70. The molecule has 0 bridgehead atoms. The standard InChI is InChI=1S/C17H17N3O2.C3H8/c1-12(13-7-3-2-4-8-13)18-17(22)20-11-16(21)19-14-9-5-6-10-15(14)20;1-3-2/h2-10,12H,11H2,1H3,(H,18,22)(H,19,21);3H2,1-2H3. The molecule has 25 heavy (non-hydrogen) atoms. The number of benzene rings is 2. The van der Waals surface area contributed by atoms with Crippen LogP contribution in [-0.2, 0) is 4.79 Å². The summed E-state index contributed by atoms with van der Waals surface area (Å²) in [4.78, 5) is 25.8. The predicted molar refractivity (Wildman–Crippen MR) is 102 cm³/mol. The van der Waals surface area contributed by atoms with E-state index in [0.29, 0.717) is 11.4 Å². The first-order valence-electron chi connectivity index (χ1n) is 8.58. The van der Waals surface area contributed by atoms with Crippen molar-refractivity contribution in [1.29, 1.82) is 0 Å². The van der Waals surface area contributed by atoms with Gasteiger partial charge < -0.3 is 10.6 Å². The van der Waals surface area contributed by atoms with E-state index in [1.807, 2.05) is 55.5 Å². The van der Waals surface area contributed by atoms with Crippen molar-refractivity contribution in [3.63, 3.8) is 0 Å². The van der Waals surface area contributed by atoms with Crippen LogP contribution in [0.5, 0.6) is 0 Å². The topological polar surface area (TPSA) is 61.4 Å². The Morgan fingerprint density at radius 1 is 1.12 bits per heavy atom. The molecule has 1 unspecified atom stereocenters. The van der Waals surface area contributed by atoms with Crippen LogP contribution in [0.1, 0.15) is 38.8 Å². The van der Waals surface area contributed by atoms with Crippen LogP contribution in [0.25, 0.3) is 0 Å². The number of nitrogens with one attached hydrogen (secondary N) is 2. The zero-order chi connectivity index (χ0) is 18.2. The number of hydrogen-bond donors (Lipinski definition) is 2. The summed E-state index contributed by atoms with van der Waals surface area (Å²) < 4.78 is 0. The molecular weight excluding hydrogens is 314 g/mol. The summed E-state index contributed by atoms with van der Waals surface area (Å²) in [6.45, 7) is 6.19. The number of amides is 3. The fourth-order valence-corrected chi connectivity index (χ4v) is 2.50. The van der Waals surface area contributed by atoms with Crippen molar-refractivity contribution in [2.45, 2.75) is 33.2 Å². The lowest BCUT2D eigenvalue weighted by atomic mass is 10.1. The highest BCUT2D eigenvalue weighted by atomic mass is 16.2. The van der Waals surface area contributed by atoms with E-state index >= 15 is 0 Å². The van der Waals surface area contributed by atoms with E-state index in [-0.39, 0.29) is 24.5 Å². The first kappa shape index (κ1) is 18.5. The van der Waals surface area contributed by atoms with E-state index in [2.05, 4.69) is 24.5 Å². The summed E-state index contributed by atoms with van der Waals surface area (Å²) in [5.41, 5.74) is 2.38.